The van der Waals surface area contributed by atoms with Gasteiger partial charge in [-0.25, -0.2) is 4.39 Å². The molecular weight excluding hydrogens is 271 g/mol. The number of phenols is 1. The maximum absolute atomic E-state index is 13.1. The van der Waals surface area contributed by atoms with Crippen molar-refractivity contribution >= 4 is 0 Å². The molecule has 0 saturated heterocycles. The minimum atomic E-state index is -0.292. The molecule has 3 rings (SSSR count). The molecule has 0 unspecified atom stereocenters. The van der Waals surface area contributed by atoms with Crippen molar-refractivity contribution in [3.8, 4) is 17.2 Å². The molecule has 0 aliphatic rings. The number of halogens is 1. The Morgan fingerprint density at radius 1 is 1.19 bits per heavy atom. The SMILES string of the molecule is Cc1ccc(-c2nc(Cc3cccc(F)c3)no2)cc1O. The van der Waals surface area contributed by atoms with Crippen LogP contribution in [-0.4, -0.2) is 15.2 Å². The summed E-state index contributed by atoms with van der Waals surface area (Å²) < 4.78 is 18.3. The number of rotatable bonds is 3. The number of nitrogens with zero attached hydrogens (tertiary/aromatic N) is 2. The van der Waals surface area contributed by atoms with Gasteiger partial charge in [-0.15, -0.1) is 0 Å². The Morgan fingerprint density at radius 2 is 2.05 bits per heavy atom. The van der Waals surface area contributed by atoms with E-state index in [1.165, 1.54) is 12.1 Å². The lowest BCUT2D eigenvalue weighted by Crippen LogP contribution is -1.91. The summed E-state index contributed by atoms with van der Waals surface area (Å²) in [6.07, 6.45) is 0.388. The molecule has 106 valence electrons. The second-order valence-electron chi connectivity index (χ2n) is 4.82. The summed E-state index contributed by atoms with van der Waals surface area (Å²) in [4.78, 5) is 4.26. The first-order valence-corrected chi connectivity index (χ1v) is 6.49. The molecule has 1 heterocycles. The van der Waals surface area contributed by atoms with Crippen molar-refractivity contribution in [2.75, 3.05) is 0 Å². The van der Waals surface area contributed by atoms with Crippen LogP contribution in [0.2, 0.25) is 0 Å². The molecule has 0 aliphatic heterocycles. The topological polar surface area (TPSA) is 59.2 Å². The summed E-state index contributed by atoms with van der Waals surface area (Å²) >= 11 is 0. The third kappa shape index (κ3) is 2.91. The third-order valence-corrected chi connectivity index (χ3v) is 3.18. The molecule has 0 atom stereocenters. The average molecular weight is 284 g/mol. The van der Waals surface area contributed by atoms with Gasteiger partial charge in [-0.2, -0.15) is 4.98 Å². The molecule has 0 amide bonds. The molecule has 0 bridgehead atoms. The van der Waals surface area contributed by atoms with Gasteiger partial charge in [0, 0.05) is 12.0 Å². The largest absolute Gasteiger partial charge is 0.508 e. The number of hydrogen-bond donors (Lipinski definition) is 1. The van der Waals surface area contributed by atoms with E-state index >= 15 is 0 Å². The van der Waals surface area contributed by atoms with Crippen molar-refractivity contribution in [1.82, 2.24) is 10.1 Å². The Balaban J connectivity index is 1.84. The van der Waals surface area contributed by atoms with Crippen LogP contribution in [0.15, 0.2) is 47.0 Å². The van der Waals surface area contributed by atoms with E-state index in [2.05, 4.69) is 10.1 Å². The number of phenolic OH excluding ortho intramolecular Hbond substituents is 1. The molecular formula is C16H13FN2O2. The summed E-state index contributed by atoms with van der Waals surface area (Å²) in [5.41, 5.74) is 2.20. The Labute approximate surface area is 120 Å². The summed E-state index contributed by atoms with van der Waals surface area (Å²) in [5, 5.41) is 13.6. The third-order valence-electron chi connectivity index (χ3n) is 3.18. The second-order valence-corrected chi connectivity index (χ2v) is 4.82. The van der Waals surface area contributed by atoms with E-state index in [4.69, 9.17) is 4.52 Å². The summed E-state index contributed by atoms with van der Waals surface area (Å²) in [7, 11) is 0. The first kappa shape index (κ1) is 13.3. The fourth-order valence-corrected chi connectivity index (χ4v) is 2.01. The molecule has 1 aromatic heterocycles. The number of benzene rings is 2. The second kappa shape index (κ2) is 5.36. The number of hydrogen-bond acceptors (Lipinski definition) is 4. The van der Waals surface area contributed by atoms with Crippen LogP contribution in [0.5, 0.6) is 5.75 Å². The van der Waals surface area contributed by atoms with Crippen molar-refractivity contribution in [3.63, 3.8) is 0 Å². The fraction of sp³-hybridized carbons (Fsp3) is 0.125. The minimum Gasteiger partial charge on any atom is -0.508 e. The summed E-state index contributed by atoms with van der Waals surface area (Å²) in [5.74, 6) is 0.685. The van der Waals surface area contributed by atoms with Crippen molar-refractivity contribution in [2.45, 2.75) is 13.3 Å². The Hall–Kier alpha value is -2.69. The lowest BCUT2D eigenvalue weighted by atomic mass is 10.1. The Kier molecular flexibility index (Phi) is 3.39. The van der Waals surface area contributed by atoms with Crippen LogP contribution in [0, 0.1) is 12.7 Å². The molecule has 4 nitrogen and oxygen atoms in total. The maximum Gasteiger partial charge on any atom is 0.258 e. The van der Waals surface area contributed by atoms with Gasteiger partial charge in [-0.1, -0.05) is 23.4 Å². The molecule has 0 saturated carbocycles. The molecule has 0 radical (unpaired) electrons. The van der Waals surface area contributed by atoms with Crippen LogP contribution in [0.4, 0.5) is 4.39 Å². The molecule has 21 heavy (non-hydrogen) atoms. The normalized spacial score (nSPS) is 10.8. The maximum atomic E-state index is 13.1. The van der Waals surface area contributed by atoms with Crippen LogP contribution >= 0.6 is 0 Å². The first-order chi connectivity index (χ1) is 10.1. The average Bonchev–Trinajstić information content (AvgIpc) is 2.90. The van der Waals surface area contributed by atoms with Crippen molar-refractivity contribution in [2.24, 2.45) is 0 Å². The van der Waals surface area contributed by atoms with E-state index in [9.17, 15) is 9.50 Å². The van der Waals surface area contributed by atoms with Gasteiger partial charge in [0.15, 0.2) is 5.82 Å². The quantitative estimate of drug-likeness (QED) is 0.800. The van der Waals surface area contributed by atoms with Gasteiger partial charge in [-0.3, -0.25) is 0 Å². The van der Waals surface area contributed by atoms with Gasteiger partial charge in [0.2, 0.25) is 0 Å². The van der Waals surface area contributed by atoms with Crippen molar-refractivity contribution in [3.05, 3.63) is 65.2 Å². The van der Waals surface area contributed by atoms with Crippen LogP contribution in [0.25, 0.3) is 11.5 Å². The zero-order chi connectivity index (χ0) is 14.8. The molecule has 0 aliphatic carbocycles. The number of aromatic hydroxyl groups is 1. The molecule has 0 spiro atoms. The molecule has 0 fully saturated rings. The van der Waals surface area contributed by atoms with E-state index in [1.54, 1.807) is 30.3 Å². The fourth-order valence-electron chi connectivity index (χ4n) is 2.01. The van der Waals surface area contributed by atoms with Crippen LogP contribution in [-0.2, 0) is 6.42 Å². The van der Waals surface area contributed by atoms with Crippen molar-refractivity contribution < 1.29 is 14.0 Å². The van der Waals surface area contributed by atoms with E-state index in [-0.39, 0.29) is 11.6 Å². The van der Waals surface area contributed by atoms with Gasteiger partial charge in [-0.05, 0) is 42.3 Å². The smallest absolute Gasteiger partial charge is 0.258 e. The lowest BCUT2D eigenvalue weighted by Gasteiger charge is -1.99. The van der Waals surface area contributed by atoms with E-state index in [1.807, 2.05) is 6.92 Å². The van der Waals surface area contributed by atoms with Gasteiger partial charge >= 0.3 is 0 Å². The highest BCUT2D eigenvalue weighted by Gasteiger charge is 2.11. The molecule has 5 heteroatoms. The predicted molar refractivity (Wildman–Crippen MR) is 75.3 cm³/mol. The first-order valence-electron chi connectivity index (χ1n) is 6.49. The van der Waals surface area contributed by atoms with Gasteiger partial charge < -0.3 is 9.63 Å². The minimum absolute atomic E-state index is 0.178. The van der Waals surface area contributed by atoms with Crippen LogP contribution in [0.1, 0.15) is 17.0 Å². The van der Waals surface area contributed by atoms with Crippen LogP contribution in [0.3, 0.4) is 0 Å². The molecule has 2 aromatic carbocycles. The Morgan fingerprint density at radius 3 is 2.81 bits per heavy atom. The zero-order valence-electron chi connectivity index (χ0n) is 11.4. The number of aromatic nitrogens is 2. The van der Waals surface area contributed by atoms with E-state index < -0.39 is 0 Å². The summed E-state index contributed by atoms with van der Waals surface area (Å²) in [6, 6.07) is 11.4. The zero-order valence-corrected chi connectivity index (χ0v) is 11.4. The highest BCUT2D eigenvalue weighted by molar-refractivity contribution is 5.57. The van der Waals surface area contributed by atoms with Crippen molar-refractivity contribution in [1.29, 1.82) is 0 Å². The Bertz CT molecular complexity index is 783. The highest BCUT2D eigenvalue weighted by atomic mass is 19.1. The lowest BCUT2D eigenvalue weighted by molar-refractivity contribution is 0.423. The predicted octanol–water partition coefficient (Wildman–Crippen LogP) is 3.48. The van der Waals surface area contributed by atoms with Gasteiger partial charge in [0.05, 0.1) is 0 Å². The van der Waals surface area contributed by atoms with Gasteiger partial charge in [0.25, 0.3) is 5.89 Å². The summed E-state index contributed by atoms with van der Waals surface area (Å²) in [6.45, 7) is 1.81. The molecule has 1 N–H and O–H groups in total. The number of aryl methyl sites for hydroxylation is 1. The molecule has 3 aromatic rings. The standard InChI is InChI=1S/C16H13FN2O2/c1-10-5-6-12(9-14(10)20)16-18-15(19-21-16)8-11-3-2-4-13(17)7-11/h2-7,9,20H,8H2,1H3. The highest BCUT2D eigenvalue weighted by Crippen LogP contribution is 2.25. The van der Waals surface area contributed by atoms with E-state index in [0.717, 1.165) is 11.1 Å². The monoisotopic (exact) mass is 284 g/mol. The van der Waals surface area contributed by atoms with Gasteiger partial charge in [0.1, 0.15) is 11.6 Å². The van der Waals surface area contributed by atoms with Crippen LogP contribution < -0.4 is 0 Å². The van der Waals surface area contributed by atoms with E-state index in [0.29, 0.717) is 23.7 Å².